The van der Waals surface area contributed by atoms with Crippen LogP contribution < -0.4 is 16.0 Å². The van der Waals surface area contributed by atoms with Crippen molar-refractivity contribution in [3.05, 3.63) is 22.4 Å². The molecule has 0 aliphatic carbocycles. The van der Waals surface area contributed by atoms with Gasteiger partial charge in [0.15, 0.2) is 0 Å². The van der Waals surface area contributed by atoms with Crippen molar-refractivity contribution in [1.29, 1.82) is 0 Å². The van der Waals surface area contributed by atoms with E-state index in [9.17, 15) is 9.59 Å². The van der Waals surface area contributed by atoms with Crippen LogP contribution >= 0.6 is 23.7 Å². The van der Waals surface area contributed by atoms with Crippen molar-refractivity contribution < 1.29 is 9.59 Å². The molecule has 0 spiro atoms. The van der Waals surface area contributed by atoms with Gasteiger partial charge in [-0.1, -0.05) is 6.07 Å². The Balaban J connectivity index is 0.00000220. The minimum absolute atomic E-state index is 0. The number of rotatable bonds is 4. The predicted molar refractivity (Wildman–Crippen MR) is 87.1 cm³/mol. The lowest BCUT2D eigenvalue weighted by molar-refractivity contribution is -0.123. The molecule has 2 amide bonds. The van der Waals surface area contributed by atoms with Crippen molar-refractivity contribution >= 4 is 35.6 Å². The third-order valence-corrected chi connectivity index (χ3v) is 4.32. The number of carbonyl (C=O) groups is 2. The number of halogens is 1. The van der Waals surface area contributed by atoms with Gasteiger partial charge in [-0.3, -0.25) is 9.59 Å². The second-order valence-corrected chi connectivity index (χ2v) is 6.21. The fraction of sp³-hybridized carbons (Fsp3) is 0.571. The first-order valence-electron chi connectivity index (χ1n) is 6.94. The molecule has 5 nitrogen and oxygen atoms in total. The summed E-state index contributed by atoms with van der Waals surface area (Å²) < 4.78 is 0. The van der Waals surface area contributed by atoms with Gasteiger partial charge in [-0.2, -0.15) is 0 Å². The minimum atomic E-state index is -0.519. The molecule has 0 aromatic carbocycles. The number of piperidine rings is 1. The first-order chi connectivity index (χ1) is 9.56. The summed E-state index contributed by atoms with van der Waals surface area (Å²) in [7, 11) is 0. The van der Waals surface area contributed by atoms with E-state index in [4.69, 9.17) is 0 Å². The Morgan fingerprint density at radius 1 is 1.48 bits per heavy atom. The van der Waals surface area contributed by atoms with E-state index in [1.807, 2.05) is 11.4 Å². The lowest BCUT2D eigenvalue weighted by Gasteiger charge is -2.29. The normalized spacial score (nSPS) is 22.8. The molecular weight excluding hydrogens is 310 g/mol. The van der Waals surface area contributed by atoms with Crippen LogP contribution in [-0.4, -0.2) is 36.5 Å². The first kappa shape index (κ1) is 17.9. The van der Waals surface area contributed by atoms with E-state index in [0.717, 1.165) is 19.4 Å². The van der Waals surface area contributed by atoms with Crippen molar-refractivity contribution in [3.63, 3.8) is 0 Å². The molecule has 3 unspecified atom stereocenters. The Morgan fingerprint density at radius 2 is 2.24 bits per heavy atom. The van der Waals surface area contributed by atoms with Crippen molar-refractivity contribution in [2.45, 2.75) is 44.8 Å². The van der Waals surface area contributed by atoms with Crippen LogP contribution in [0.4, 0.5) is 0 Å². The van der Waals surface area contributed by atoms with Gasteiger partial charge in [0.05, 0.1) is 4.88 Å². The molecule has 0 saturated carbocycles. The summed E-state index contributed by atoms with van der Waals surface area (Å²) in [5.41, 5.74) is 0. The molecule has 21 heavy (non-hydrogen) atoms. The molecule has 2 heterocycles. The molecule has 1 aromatic heterocycles. The fourth-order valence-electron chi connectivity index (χ4n) is 2.33. The zero-order valence-electron chi connectivity index (χ0n) is 12.2. The zero-order chi connectivity index (χ0) is 14.5. The van der Waals surface area contributed by atoms with Gasteiger partial charge in [0.2, 0.25) is 5.91 Å². The van der Waals surface area contributed by atoms with Crippen LogP contribution in [0.2, 0.25) is 0 Å². The second-order valence-electron chi connectivity index (χ2n) is 5.26. The van der Waals surface area contributed by atoms with Gasteiger partial charge in [0.1, 0.15) is 6.04 Å². The molecule has 1 aromatic rings. The minimum Gasteiger partial charge on any atom is -0.351 e. The summed E-state index contributed by atoms with van der Waals surface area (Å²) in [5, 5.41) is 10.9. The quantitative estimate of drug-likeness (QED) is 0.784. The zero-order valence-corrected chi connectivity index (χ0v) is 13.9. The van der Waals surface area contributed by atoms with Crippen LogP contribution in [0.15, 0.2) is 17.5 Å². The number of amides is 2. The van der Waals surface area contributed by atoms with Crippen molar-refractivity contribution in [2.75, 3.05) is 6.54 Å². The standard InChI is InChI=1S/C14H21N3O2S.ClH/c1-9-8-11(5-6-15-9)17-13(18)10(2)16-14(19)12-4-3-7-20-12;/h3-4,7,9-11,15H,5-6,8H2,1-2H3,(H,16,19)(H,17,18);1H. The van der Waals surface area contributed by atoms with Gasteiger partial charge in [0, 0.05) is 12.1 Å². The lowest BCUT2D eigenvalue weighted by atomic mass is 10.0. The summed E-state index contributed by atoms with van der Waals surface area (Å²) in [4.78, 5) is 24.6. The smallest absolute Gasteiger partial charge is 0.261 e. The highest BCUT2D eigenvalue weighted by atomic mass is 35.5. The Bertz CT molecular complexity index is 467. The monoisotopic (exact) mass is 331 g/mol. The van der Waals surface area contributed by atoms with Crippen molar-refractivity contribution in [2.24, 2.45) is 0 Å². The van der Waals surface area contributed by atoms with Gasteiger partial charge in [-0.15, -0.1) is 23.7 Å². The van der Waals surface area contributed by atoms with E-state index in [0.29, 0.717) is 10.9 Å². The summed E-state index contributed by atoms with van der Waals surface area (Å²) in [5.74, 6) is -0.310. The average Bonchev–Trinajstić information content (AvgIpc) is 2.92. The van der Waals surface area contributed by atoms with Gasteiger partial charge < -0.3 is 16.0 Å². The van der Waals surface area contributed by atoms with E-state index < -0.39 is 6.04 Å². The molecule has 1 aliphatic rings. The molecule has 3 N–H and O–H groups in total. The van der Waals surface area contributed by atoms with E-state index >= 15 is 0 Å². The molecular formula is C14H22ClN3O2S. The van der Waals surface area contributed by atoms with E-state index in [-0.39, 0.29) is 30.3 Å². The number of hydrogen-bond donors (Lipinski definition) is 3. The number of thiophene rings is 1. The molecule has 1 fully saturated rings. The molecule has 2 rings (SSSR count). The fourth-order valence-corrected chi connectivity index (χ4v) is 2.96. The summed E-state index contributed by atoms with van der Waals surface area (Å²) >= 11 is 1.37. The Labute approximate surface area is 135 Å². The second kappa shape index (κ2) is 8.36. The highest BCUT2D eigenvalue weighted by molar-refractivity contribution is 7.12. The number of nitrogens with one attached hydrogen (secondary N) is 3. The lowest BCUT2D eigenvalue weighted by Crippen LogP contribution is -2.52. The van der Waals surface area contributed by atoms with Crippen LogP contribution in [0.1, 0.15) is 36.4 Å². The third kappa shape index (κ3) is 5.30. The molecule has 0 bridgehead atoms. The van der Waals surface area contributed by atoms with E-state index in [1.165, 1.54) is 11.3 Å². The van der Waals surface area contributed by atoms with Crippen molar-refractivity contribution in [1.82, 2.24) is 16.0 Å². The molecule has 7 heteroatoms. The highest BCUT2D eigenvalue weighted by Gasteiger charge is 2.23. The van der Waals surface area contributed by atoms with Crippen LogP contribution in [0, 0.1) is 0 Å². The highest BCUT2D eigenvalue weighted by Crippen LogP contribution is 2.09. The van der Waals surface area contributed by atoms with Gasteiger partial charge in [0.25, 0.3) is 5.91 Å². The van der Waals surface area contributed by atoms with Crippen molar-refractivity contribution in [3.8, 4) is 0 Å². The SMILES string of the molecule is CC1CC(NC(=O)C(C)NC(=O)c2cccs2)CCN1.Cl. The van der Waals surface area contributed by atoms with Crippen LogP contribution in [0.25, 0.3) is 0 Å². The van der Waals surface area contributed by atoms with Gasteiger partial charge in [-0.05, 0) is 44.7 Å². The molecule has 0 radical (unpaired) electrons. The van der Waals surface area contributed by atoms with Crippen LogP contribution in [0.3, 0.4) is 0 Å². The Morgan fingerprint density at radius 3 is 2.86 bits per heavy atom. The average molecular weight is 332 g/mol. The maximum Gasteiger partial charge on any atom is 0.261 e. The van der Waals surface area contributed by atoms with Gasteiger partial charge >= 0.3 is 0 Å². The maximum absolute atomic E-state index is 12.1. The topological polar surface area (TPSA) is 70.2 Å². The molecule has 3 atom stereocenters. The third-order valence-electron chi connectivity index (χ3n) is 3.46. The predicted octanol–water partition coefficient (Wildman–Crippen LogP) is 1.54. The Kier molecular flexibility index (Phi) is 7.14. The number of carbonyl (C=O) groups excluding carboxylic acids is 2. The maximum atomic E-state index is 12.1. The summed E-state index contributed by atoms with van der Waals surface area (Å²) in [6, 6.07) is 3.67. The van der Waals surface area contributed by atoms with E-state index in [1.54, 1.807) is 13.0 Å². The Hall–Kier alpha value is -1.11. The van der Waals surface area contributed by atoms with Gasteiger partial charge in [-0.25, -0.2) is 0 Å². The largest absolute Gasteiger partial charge is 0.351 e. The molecule has 118 valence electrons. The van der Waals surface area contributed by atoms with Crippen LogP contribution in [-0.2, 0) is 4.79 Å². The number of hydrogen-bond acceptors (Lipinski definition) is 4. The van der Waals surface area contributed by atoms with Crippen LogP contribution in [0.5, 0.6) is 0 Å². The summed E-state index contributed by atoms with van der Waals surface area (Å²) in [6.45, 7) is 4.74. The molecule has 1 aliphatic heterocycles. The molecule has 1 saturated heterocycles. The first-order valence-corrected chi connectivity index (χ1v) is 7.82. The van der Waals surface area contributed by atoms with E-state index in [2.05, 4.69) is 22.9 Å². The summed E-state index contributed by atoms with van der Waals surface area (Å²) in [6.07, 6.45) is 1.86.